The highest BCUT2D eigenvalue weighted by atomic mass is 16.2. The summed E-state index contributed by atoms with van der Waals surface area (Å²) in [5.74, 6) is 0.983. The van der Waals surface area contributed by atoms with E-state index < -0.39 is 0 Å². The highest BCUT2D eigenvalue weighted by Crippen LogP contribution is 2.37. The first-order valence-corrected chi connectivity index (χ1v) is 9.59. The summed E-state index contributed by atoms with van der Waals surface area (Å²) in [6.07, 6.45) is 7.05. The van der Waals surface area contributed by atoms with Crippen LogP contribution >= 0.6 is 0 Å². The molecule has 0 bridgehead atoms. The standard InChI is InChI=1S/C20H28N4O/c1-12-5-7-15(8-6-12)24(16-9-10-16)20(25)17-11-13(2)21-19-18(17)14(3)22-23(19)4/h11-12,15-16H,5-10H2,1-4H3. The molecule has 0 spiro atoms. The van der Waals surface area contributed by atoms with Crippen LogP contribution < -0.4 is 0 Å². The van der Waals surface area contributed by atoms with Gasteiger partial charge in [0.05, 0.1) is 16.6 Å². The van der Waals surface area contributed by atoms with E-state index in [1.54, 1.807) is 4.68 Å². The molecule has 4 rings (SSSR count). The average Bonchev–Trinajstić information content (AvgIpc) is 3.36. The number of carbonyl (C=O) groups is 1. The molecule has 0 aromatic carbocycles. The third kappa shape index (κ3) is 2.94. The topological polar surface area (TPSA) is 51.0 Å². The maximum Gasteiger partial charge on any atom is 0.255 e. The second-order valence-electron chi connectivity index (χ2n) is 8.08. The summed E-state index contributed by atoms with van der Waals surface area (Å²) in [6.45, 7) is 6.26. The summed E-state index contributed by atoms with van der Waals surface area (Å²) in [5.41, 5.74) is 3.38. The number of fused-ring (bicyclic) bond motifs is 1. The summed E-state index contributed by atoms with van der Waals surface area (Å²) in [4.78, 5) is 20.4. The maximum atomic E-state index is 13.6. The van der Waals surface area contributed by atoms with Crippen molar-refractivity contribution >= 4 is 16.9 Å². The van der Waals surface area contributed by atoms with Crippen molar-refractivity contribution in [1.82, 2.24) is 19.7 Å². The first-order chi connectivity index (χ1) is 12.0. The SMILES string of the molecule is Cc1cc(C(=O)N(C2CCC(C)CC2)C2CC2)c2c(C)nn(C)c2n1. The van der Waals surface area contributed by atoms with Crippen molar-refractivity contribution in [2.24, 2.45) is 13.0 Å². The Kier molecular flexibility index (Phi) is 4.05. The highest BCUT2D eigenvalue weighted by molar-refractivity contribution is 6.06. The minimum absolute atomic E-state index is 0.189. The lowest BCUT2D eigenvalue weighted by Crippen LogP contribution is -2.43. The second kappa shape index (κ2) is 6.11. The van der Waals surface area contributed by atoms with E-state index in [1.807, 2.05) is 27.0 Å². The van der Waals surface area contributed by atoms with Gasteiger partial charge in [0.2, 0.25) is 0 Å². The zero-order valence-corrected chi connectivity index (χ0v) is 15.7. The van der Waals surface area contributed by atoms with Gasteiger partial charge >= 0.3 is 0 Å². The molecule has 0 aliphatic heterocycles. The molecule has 134 valence electrons. The van der Waals surface area contributed by atoms with Crippen molar-refractivity contribution in [3.05, 3.63) is 23.0 Å². The molecule has 0 radical (unpaired) electrons. The van der Waals surface area contributed by atoms with Gasteiger partial charge in [-0.2, -0.15) is 5.10 Å². The number of rotatable bonds is 3. The van der Waals surface area contributed by atoms with E-state index in [-0.39, 0.29) is 5.91 Å². The van der Waals surface area contributed by atoms with Gasteiger partial charge in [0.15, 0.2) is 5.65 Å². The Morgan fingerprint density at radius 2 is 1.72 bits per heavy atom. The average molecular weight is 340 g/mol. The van der Waals surface area contributed by atoms with Crippen molar-refractivity contribution in [3.8, 4) is 0 Å². The zero-order chi connectivity index (χ0) is 17.7. The van der Waals surface area contributed by atoms with E-state index in [0.717, 1.165) is 59.6 Å². The maximum absolute atomic E-state index is 13.6. The van der Waals surface area contributed by atoms with Gasteiger partial charge in [-0.05, 0) is 64.4 Å². The Morgan fingerprint density at radius 3 is 2.32 bits per heavy atom. The Labute approximate surface area is 149 Å². The molecule has 2 fully saturated rings. The van der Waals surface area contributed by atoms with Gasteiger partial charge in [-0.15, -0.1) is 0 Å². The van der Waals surface area contributed by atoms with E-state index >= 15 is 0 Å². The minimum atomic E-state index is 0.189. The first kappa shape index (κ1) is 16.6. The molecule has 2 aromatic rings. The van der Waals surface area contributed by atoms with E-state index in [0.29, 0.717) is 12.1 Å². The van der Waals surface area contributed by atoms with Crippen molar-refractivity contribution in [2.75, 3.05) is 0 Å². The summed E-state index contributed by atoms with van der Waals surface area (Å²) in [5, 5.41) is 5.42. The molecule has 25 heavy (non-hydrogen) atoms. The Morgan fingerprint density at radius 1 is 1.12 bits per heavy atom. The largest absolute Gasteiger partial charge is 0.333 e. The Hall–Kier alpha value is -1.91. The fourth-order valence-corrected chi connectivity index (χ4v) is 4.38. The first-order valence-electron chi connectivity index (χ1n) is 9.59. The van der Waals surface area contributed by atoms with Crippen molar-refractivity contribution < 1.29 is 4.79 Å². The molecule has 0 atom stereocenters. The van der Waals surface area contributed by atoms with Crippen LogP contribution in [0.5, 0.6) is 0 Å². The van der Waals surface area contributed by atoms with Crippen molar-refractivity contribution in [1.29, 1.82) is 0 Å². The molecule has 2 aliphatic rings. The van der Waals surface area contributed by atoms with Crippen molar-refractivity contribution in [2.45, 2.75) is 71.4 Å². The van der Waals surface area contributed by atoms with E-state index in [4.69, 9.17) is 0 Å². The molecule has 2 aromatic heterocycles. The van der Waals surface area contributed by atoms with Crippen LogP contribution in [0.2, 0.25) is 0 Å². The number of nitrogens with zero attached hydrogens (tertiary/aromatic N) is 4. The van der Waals surface area contributed by atoms with Crippen LogP contribution in [0.25, 0.3) is 11.0 Å². The van der Waals surface area contributed by atoms with Crippen LogP contribution in [-0.4, -0.2) is 37.7 Å². The molecule has 5 heteroatoms. The third-order valence-electron chi connectivity index (χ3n) is 5.88. The third-order valence-corrected chi connectivity index (χ3v) is 5.88. The molecule has 0 saturated heterocycles. The lowest BCUT2D eigenvalue weighted by Gasteiger charge is -2.36. The minimum Gasteiger partial charge on any atom is -0.333 e. The van der Waals surface area contributed by atoms with Gasteiger partial charge in [0.1, 0.15) is 0 Å². The van der Waals surface area contributed by atoms with Gasteiger partial charge in [-0.25, -0.2) is 4.98 Å². The molecule has 2 saturated carbocycles. The van der Waals surface area contributed by atoms with Gasteiger partial charge < -0.3 is 4.90 Å². The molecule has 0 unspecified atom stereocenters. The zero-order valence-electron chi connectivity index (χ0n) is 15.7. The summed E-state index contributed by atoms with van der Waals surface area (Å²) in [6, 6.07) is 2.79. The van der Waals surface area contributed by atoms with Crippen LogP contribution in [0.3, 0.4) is 0 Å². The Balaban J connectivity index is 1.75. The fraction of sp³-hybridized carbons (Fsp3) is 0.650. The highest BCUT2D eigenvalue weighted by Gasteiger charge is 2.39. The van der Waals surface area contributed by atoms with Gasteiger partial charge in [-0.1, -0.05) is 6.92 Å². The van der Waals surface area contributed by atoms with Crippen LogP contribution in [0.15, 0.2) is 6.07 Å². The summed E-state index contributed by atoms with van der Waals surface area (Å²) < 4.78 is 1.79. The molecule has 1 amide bonds. The number of hydrogen-bond acceptors (Lipinski definition) is 3. The van der Waals surface area contributed by atoms with E-state index in [9.17, 15) is 4.79 Å². The predicted octanol–water partition coefficient (Wildman–Crippen LogP) is 3.77. The lowest BCUT2D eigenvalue weighted by atomic mass is 9.86. The smallest absolute Gasteiger partial charge is 0.255 e. The number of hydrogen-bond donors (Lipinski definition) is 0. The van der Waals surface area contributed by atoms with Crippen LogP contribution in [0.1, 0.15) is 67.2 Å². The summed E-state index contributed by atoms with van der Waals surface area (Å²) >= 11 is 0. The molecule has 5 nitrogen and oxygen atoms in total. The number of aryl methyl sites for hydroxylation is 3. The number of amides is 1. The number of pyridine rings is 1. The molecule has 2 heterocycles. The van der Waals surface area contributed by atoms with E-state index in [2.05, 4.69) is 21.9 Å². The van der Waals surface area contributed by atoms with Gasteiger partial charge in [0.25, 0.3) is 5.91 Å². The van der Waals surface area contributed by atoms with Crippen LogP contribution in [0.4, 0.5) is 0 Å². The molecule has 0 N–H and O–H groups in total. The normalized spacial score (nSPS) is 23.8. The number of aromatic nitrogens is 3. The number of carbonyl (C=O) groups excluding carboxylic acids is 1. The molecular formula is C20H28N4O. The summed E-state index contributed by atoms with van der Waals surface area (Å²) in [7, 11) is 1.90. The molecular weight excluding hydrogens is 312 g/mol. The molecule has 2 aliphatic carbocycles. The van der Waals surface area contributed by atoms with Crippen molar-refractivity contribution in [3.63, 3.8) is 0 Å². The van der Waals surface area contributed by atoms with Crippen LogP contribution in [-0.2, 0) is 7.05 Å². The monoisotopic (exact) mass is 340 g/mol. The van der Waals surface area contributed by atoms with Gasteiger partial charge in [0, 0.05) is 24.8 Å². The quantitative estimate of drug-likeness (QED) is 0.854. The second-order valence-corrected chi connectivity index (χ2v) is 8.08. The van der Waals surface area contributed by atoms with Gasteiger partial charge in [-0.3, -0.25) is 9.48 Å². The van der Waals surface area contributed by atoms with E-state index in [1.165, 1.54) is 12.8 Å². The van der Waals surface area contributed by atoms with Crippen LogP contribution in [0, 0.1) is 19.8 Å². The lowest BCUT2D eigenvalue weighted by molar-refractivity contribution is 0.0595. The predicted molar refractivity (Wildman–Crippen MR) is 98.6 cm³/mol. The fourth-order valence-electron chi connectivity index (χ4n) is 4.38. The Bertz CT molecular complexity index is 813.